The molecule has 0 aliphatic heterocycles. The average Bonchev–Trinajstić information content (AvgIpc) is 2.81. The normalized spacial score (nSPS) is 13.4. The van der Waals surface area contributed by atoms with E-state index in [9.17, 15) is 13.2 Å². The standard InChI is InChI=1S/C14H16F3N3/c1-3-18-13(12-8-20(2)9-19-12)10-4-6-11(7-5-10)14(15,16)17/h4-9,13,18H,3H2,1-2H3. The molecule has 0 aliphatic carbocycles. The van der Waals surface area contributed by atoms with Gasteiger partial charge in [0.1, 0.15) is 0 Å². The molecule has 0 bridgehead atoms. The van der Waals surface area contributed by atoms with Crippen molar-refractivity contribution in [2.45, 2.75) is 19.1 Å². The predicted octanol–water partition coefficient (Wildman–Crippen LogP) is 3.14. The lowest BCUT2D eigenvalue weighted by Crippen LogP contribution is -2.22. The Morgan fingerprint density at radius 2 is 1.90 bits per heavy atom. The molecule has 1 aromatic carbocycles. The number of hydrogen-bond donors (Lipinski definition) is 1. The molecule has 1 heterocycles. The maximum atomic E-state index is 12.6. The van der Waals surface area contributed by atoms with Crippen molar-refractivity contribution < 1.29 is 13.2 Å². The Bertz CT molecular complexity index is 558. The predicted molar refractivity (Wildman–Crippen MR) is 70.2 cm³/mol. The van der Waals surface area contributed by atoms with E-state index in [-0.39, 0.29) is 6.04 Å². The van der Waals surface area contributed by atoms with E-state index in [0.717, 1.165) is 23.4 Å². The van der Waals surface area contributed by atoms with Gasteiger partial charge in [0.2, 0.25) is 0 Å². The van der Waals surface area contributed by atoms with Gasteiger partial charge in [-0.15, -0.1) is 0 Å². The minimum atomic E-state index is -4.31. The zero-order valence-corrected chi connectivity index (χ0v) is 11.3. The van der Waals surface area contributed by atoms with Crippen LogP contribution in [0.4, 0.5) is 13.2 Å². The number of imidazole rings is 1. The van der Waals surface area contributed by atoms with Crippen LogP contribution in [0.5, 0.6) is 0 Å². The highest BCUT2D eigenvalue weighted by molar-refractivity contribution is 5.31. The van der Waals surface area contributed by atoms with Crippen molar-refractivity contribution in [2.24, 2.45) is 7.05 Å². The highest BCUT2D eigenvalue weighted by Gasteiger charge is 2.30. The fraction of sp³-hybridized carbons (Fsp3) is 0.357. The molecule has 0 saturated carbocycles. The van der Waals surface area contributed by atoms with Gasteiger partial charge in [-0.05, 0) is 24.2 Å². The number of nitrogens with zero attached hydrogens (tertiary/aromatic N) is 2. The van der Waals surface area contributed by atoms with Gasteiger partial charge < -0.3 is 9.88 Å². The molecule has 108 valence electrons. The van der Waals surface area contributed by atoms with Crippen molar-refractivity contribution in [3.8, 4) is 0 Å². The minimum absolute atomic E-state index is 0.205. The van der Waals surface area contributed by atoms with E-state index in [1.165, 1.54) is 12.1 Å². The Kier molecular flexibility index (Phi) is 4.13. The van der Waals surface area contributed by atoms with Crippen LogP contribution in [0.1, 0.15) is 29.8 Å². The highest BCUT2D eigenvalue weighted by atomic mass is 19.4. The third kappa shape index (κ3) is 3.19. The third-order valence-corrected chi connectivity index (χ3v) is 3.00. The molecule has 1 N–H and O–H groups in total. The second kappa shape index (κ2) is 5.66. The van der Waals surface area contributed by atoms with Gasteiger partial charge in [0.15, 0.2) is 0 Å². The fourth-order valence-electron chi connectivity index (χ4n) is 2.04. The van der Waals surface area contributed by atoms with Crippen LogP contribution in [0.3, 0.4) is 0 Å². The Labute approximate surface area is 115 Å². The summed E-state index contributed by atoms with van der Waals surface area (Å²) in [5.74, 6) is 0. The van der Waals surface area contributed by atoms with Crippen molar-refractivity contribution in [3.63, 3.8) is 0 Å². The number of nitrogens with one attached hydrogen (secondary N) is 1. The Hall–Kier alpha value is -1.82. The summed E-state index contributed by atoms with van der Waals surface area (Å²) in [7, 11) is 1.85. The maximum absolute atomic E-state index is 12.6. The van der Waals surface area contributed by atoms with Crippen LogP contribution in [-0.2, 0) is 13.2 Å². The van der Waals surface area contributed by atoms with Crippen LogP contribution in [0.25, 0.3) is 0 Å². The topological polar surface area (TPSA) is 29.9 Å². The highest BCUT2D eigenvalue weighted by Crippen LogP contribution is 2.30. The van der Waals surface area contributed by atoms with Gasteiger partial charge in [0.05, 0.1) is 23.6 Å². The molecule has 0 amide bonds. The van der Waals surface area contributed by atoms with Gasteiger partial charge in [-0.3, -0.25) is 0 Å². The molecule has 6 heteroatoms. The number of aromatic nitrogens is 2. The summed E-state index contributed by atoms with van der Waals surface area (Å²) < 4.78 is 39.5. The molecule has 0 saturated heterocycles. The molecular weight excluding hydrogens is 267 g/mol. The minimum Gasteiger partial charge on any atom is -0.340 e. The number of benzene rings is 1. The van der Waals surface area contributed by atoms with Gasteiger partial charge in [-0.1, -0.05) is 19.1 Å². The van der Waals surface area contributed by atoms with E-state index in [1.54, 1.807) is 6.33 Å². The van der Waals surface area contributed by atoms with Gasteiger partial charge >= 0.3 is 6.18 Å². The summed E-state index contributed by atoms with van der Waals surface area (Å²) in [5.41, 5.74) is 0.908. The quantitative estimate of drug-likeness (QED) is 0.934. The summed E-state index contributed by atoms with van der Waals surface area (Å²) in [6.45, 7) is 2.64. The Morgan fingerprint density at radius 3 is 2.35 bits per heavy atom. The summed E-state index contributed by atoms with van der Waals surface area (Å²) in [5, 5.41) is 3.23. The molecule has 0 radical (unpaired) electrons. The maximum Gasteiger partial charge on any atom is 0.416 e. The average molecular weight is 283 g/mol. The second-order valence-corrected chi connectivity index (χ2v) is 4.57. The first-order chi connectivity index (χ1) is 9.41. The molecule has 1 unspecified atom stereocenters. The van der Waals surface area contributed by atoms with E-state index < -0.39 is 11.7 Å². The smallest absolute Gasteiger partial charge is 0.340 e. The van der Waals surface area contributed by atoms with Gasteiger partial charge in [0, 0.05) is 13.2 Å². The Morgan fingerprint density at radius 1 is 1.25 bits per heavy atom. The number of aryl methyl sites for hydroxylation is 1. The zero-order valence-electron chi connectivity index (χ0n) is 11.3. The molecule has 1 atom stereocenters. The summed E-state index contributed by atoms with van der Waals surface area (Å²) >= 11 is 0. The van der Waals surface area contributed by atoms with Crippen LogP contribution >= 0.6 is 0 Å². The number of rotatable bonds is 4. The van der Waals surface area contributed by atoms with Crippen LogP contribution in [0.15, 0.2) is 36.8 Å². The van der Waals surface area contributed by atoms with E-state index in [1.807, 2.05) is 24.7 Å². The molecular formula is C14H16F3N3. The first-order valence-corrected chi connectivity index (χ1v) is 6.30. The number of hydrogen-bond acceptors (Lipinski definition) is 2. The van der Waals surface area contributed by atoms with Crippen LogP contribution in [0.2, 0.25) is 0 Å². The fourth-order valence-corrected chi connectivity index (χ4v) is 2.04. The zero-order chi connectivity index (χ0) is 14.8. The van der Waals surface area contributed by atoms with Crippen molar-refractivity contribution >= 4 is 0 Å². The first kappa shape index (κ1) is 14.6. The van der Waals surface area contributed by atoms with Crippen molar-refractivity contribution in [1.82, 2.24) is 14.9 Å². The van der Waals surface area contributed by atoms with Gasteiger partial charge in [-0.2, -0.15) is 13.2 Å². The van der Waals surface area contributed by atoms with Crippen LogP contribution < -0.4 is 5.32 Å². The first-order valence-electron chi connectivity index (χ1n) is 6.30. The SMILES string of the molecule is CCNC(c1ccc(C(F)(F)F)cc1)c1cn(C)cn1. The lowest BCUT2D eigenvalue weighted by Gasteiger charge is -2.17. The molecule has 0 aliphatic rings. The molecule has 3 nitrogen and oxygen atoms in total. The lowest BCUT2D eigenvalue weighted by molar-refractivity contribution is -0.137. The molecule has 0 spiro atoms. The summed E-state index contributed by atoms with van der Waals surface area (Å²) in [6.07, 6.45) is -0.786. The lowest BCUT2D eigenvalue weighted by atomic mass is 10.0. The number of halogens is 3. The van der Waals surface area contributed by atoms with Crippen LogP contribution in [-0.4, -0.2) is 16.1 Å². The second-order valence-electron chi connectivity index (χ2n) is 4.57. The third-order valence-electron chi connectivity index (χ3n) is 3.00. The van der Waals surface area contributed by atoms with Gasteiger partial charge in [-0.25, -0.2) is 4.98 Å². The van der Waals surface area contributed by atoms with E-state index in [2.05, 4.69) is 10.3 Å². The molecule has 20 heavy (non-hydrogen) atoms. The van der Waals surface area contributed by atoms with Crippen molar-refractivity contribution in [2.75, 3.05) is 6.54 Å². The van der Waals surface area contributed by atoms with Gasteiger partial charge in [0.25, 0.3) is 0 Å². The van der Waals surface area contributed by atoms with E-state index >= 15 is 0 Å². The summed E-state index contributed by atoms with van der Waals surface area (Å²) in [6, 6.07) is 4.98. The largest absolute Gasteiger partial charge is 0.416 e. The summed E-state index contributed by atoms with van der Waals surface area (Å²) in [4.78, 5) is 4.26. The van der Waals surface area contributed by atoms with Crippen LogP contribution in [0, 0.1) is 0 Å². The molecule has 0 fully saturated rings. The molecule has 1 aromatic heterocycles. The Balaban J connectivity index is 2.30. The van der Waals surface area contributed by atoms with E-state index in [4.69, 9.17) is 0 Å². The van der Waals surface area contributed by atoms with Crippen molar-refractivity contribution in [3.05, 3.63) is 53.6 Å². The molecule has 2 rings (SSSR count). The van der Waals surface area contributed by atoms with Crippen molar-refractivity contribution in [1.29, 1.82) is 0 Å². The molecule has 2 aromatic rings. The monoisotopic (exact) mass is 283 g/mol. The van der Waals surface area contributed by atoms with E-state index in [0.29, 0.717) is 6.54 Å². The number of alkyl halides is 3.